The Labute approximate surface area is 146 Å². The second-order valence-electron chi connectivity index (χ2n) is 5.21. The summed E-state index contributed by atoms with van der Waals surface area (Å²) in [6, 6.07) is 6.29. The van der Waals surface area contributed by atoms with Crippen molar-refractivity contribution in [1.29, 1.82) is 0 Å². The molecule has 0 unspecified atom stereocenters. The molecule has 0 bridgehead atoms. The molecule has 1 fully saturated rings. The van der Waals surface area contributed by atoms with Crippen LogP contribution < -0.4 is 5.73 Å². The fourth-order valence-electron chi connectivity index (χ4n) is 2.32. The summed E-state index contributed by atoms with van der Waals surface area (Å²) in [6.07, 6.45) is 2.41. The van der Waals surface area contributed by atoms with E-state index in [9.17, 15) is 0 Å². The molecule has 0 aliphatic heterocycles. The van der Waals surface area contributed by atoms with Gasteiger partial charge in [-0.15, -0.1) is 24.0 Å². The van der Waals surface area contributed by atoms with Crippen LogP contribution in [-0.4, -0.2) is 33.5 Å². The Kier molecular flexibility index (Phi) is 4.98. The number of guanidine groups is 1. The third-order valence-corrected chi connectivity index (χ3v) is 4.08. The number of hydrogen-bond donors (Lipinski definition) is 1. The fourth-order valence-corrected chi connectivity index (χ4v) is 2.62. The first-order valence-corrected chi connectivity index (χ1v) is 7.08. The average Bonchev–Trinajstić information content (AvgIpc) is 3.21. The van der Waals surface area contributed by atoms with Crippen LogP contribution in [0.4, 0.5) is 0 Å². The van der Waals surface area contributed by atoms with E-state index in [4.69, 9.17) is 17.3 Å². The number of benzene rings is 1. The highest BCUT2D eigenvalue weighted by Gasteiger charge is 2.27. The Morgan fingerprint density at radius 2 is 2.24 bits per heavy atom. The maximum absolute atomic E-state index is 6.21. The van der Waals surface area contributed by atoms with Gasteiger partial charge in [0.05, 0.1) is 16.1 Å². The van der Waals surface area contributed by atoms with Gasteiger partial charge in [0, 0.05) is 20.1 Å². The van der Waals surface area contributed by atoms with E-state index in [1.165, 1.54) is 12.8 Å². The topological polar surface area (TPSA) is 59.4 Å². The van der Waals surface area contributed by atoms with Crippen LogP contribution in [0.1, 0.15) is 18.7 Å². The van der Waals surface area contributed by atoms with E-state index in [-0.39, 0.29) is 24.0 Å². The summed E-state index contributed by atoms with van der Waals surface area (Å²) in [5.74, 6) is 1.44. The minimum Gasteiger partial charge on any atom is -0.370 e. The molecule has 1 aromatic heterocycles. The van der Waals surface area contributed by atoms with Gasteiger partial charge in [0.25, 0.3) is 0 Å². The second-order valence-corrected chi connectivity index (χ2v) is 5.62. The molecular weight excluding hydrogens is 401 g/mol. The van der Waals surface area contributed by atoms with Crippen molar-refractivity contribution < 1.29 is 0 Å². The van der Waals surface area contributed by atoms with Crippen molar-refractivity contribution >= 4 is 52.6 Å². The highest BCUT2D eigenvalue weighted by atomic mass is 127. The van der Waals surface area contributed by atoms with E-state index in [0.717, 1.165) is 16.9 Å². The first kappa shape index (κ1) is 16.4. The van der Waals surface area contributed by atoms with Crippen LogP contribution in [0.3, 0.4) is 0 Å². The van der Waals surface area contributed by atoms with Crippen LogP contribution in [0.15, 0.2) is 23.2 Å². The lowest BCUT2D eigenvalue weighted by molar-refractivity contribution is 0.487. The van der Waals surface area contributed by atoms with Crippen molar-refractivity contribution in [2.45, 2.75) is 25.4 Å². The molecule has 0 radical (unpaired) electrons. The molecule has 21 heavy (non-hydrogen) atoms. The van der Waals surface area contributed by atoms with Gasteiger partial charge in [-0.3, -0.25) is 0 Å². The molecule has 0 atom stereocenters. The predicted molar refractivity (Wildman–Crippen MR) is 97.3 cm³/mol. The molecular formula is C14H19ClIN5. The number of nitrogens with two attached hydrogens (primary N) is 1. The van der Waals surface area contributed by atoms with Crippen molar-refractivity contribution in [2.75, 3.05) is 7.05 Å². The Morgan fingerprint density at radius 3 is 2.86 bits per heavy atom. The number of fused-ring (bicyclic) bond motifs is 1. The zero-order valence-electron chi connectivity index (χ0n) is 12.1. The Hall–Kier alpha value is -1.02. The Balaban J connectivity index is 0.00000161. The monoisotopic (exact) mass is 419 g/mol. The molecule has 1 aliphatic rings. The fraction of sp³-hybridized carbons (Fsp3) is 0.429. The first-order valence-electron chi connectivity index (χ1n) is 6.70. The van der Waals surface area contributed by atoms with Crippen LogP contribution in [0.5, 0.6) is 0 Å². The molecule has 114 valence electrons. The summed E-state index contributed by atoms with van der Waals surface area (Å²) in [5.41, 5.74) is 7.82. The second kappa shape index (κ2) is 6.39. The molecule has 1 heterocycles. The lowest BCUT2D eigenvalue weighted by Crippen LogP contribution is -2.35. The molecule has 5 nitrogen and oxygen atoms in total. The van der Waals surface area contributed by atoms with Gasteiger partial charge in [-0.25, -0.2) is 9.98 Å². The summed E-state index contributed by atoms with van der Waals surface area (Å²) in [6.45, 7) is 0.463. The third-order valence-electron chi connectivity index (χ3n) is 3.78. The highest BCUT2D eigenvalue weighted by Crippen LogP contribution is 2.25. The quantitative estimate of drug-likeness (QED) is 0.473. The van der Waals surface area contributed by atoms with Gasteiger partial charge >= 0.3 is 0 Å². The van der Waals surface area contributed by atoms with Crippen LogP contribution in [0.25, 0.3) is 11.0 Å². The number of halogens is 2. The van der Waals surface area contributed by atoms with Gasteiger partial charge in [0.1, 0.15) is 12.4 Å². The van der Waals surface area contributed by atoms with Gasteiger partial charge in [0.2, 0.25) is 0 Å². The van der Waals surface area contributed by atoms with Crippen LogP contribution >= 0.6 is 35.6 Å². The molecule has 1 aliphatic carbocycles. The predicted octanol–water partition coefficient (Wildman–Crippen LogP) is 2.75. The molecule has 2 aromatic rings. The van der Waals surface area contributed by atoms with Gasteiger partial charge in [-0.2, -0.15) is 0 Å². The molecule has 2 N–H and O–H groups in total. The summed E-state index contributed by atoms with van der Waals surface area (Å²) in [5, 5.41) is 0.704. The van der Waals surface area contributed by atoms with Crippen molar-refractivity contribution in [3.63, 3.8) is 0 Å². The van der Waals surface area contributed by atoms with E-state index >= 15 is 0 Å². The smallest absolute Gasteiger partial charge is 0.191 e. The number of aliphatic imine (C=N–C) groups is 1. The first-order chi connectivity index (χ1) is 9.58. The van der Waals surface area contributed by atoms with Crippen LogP contribution in [0, 0.1) is 0 Å². The number of para-hydroxylation sites is 1. The summed E-state index contributed by atoms with van der Waals surface area (Å²) in [7, 11) is 3.94. The number of imidazole rings is 1. The summed E-state index contributed by atoms with van der Waals surface area (Å²) >= 11 is 6.21. The molecule has 0 saturated heterocycles. The maximum Gasteiger partial charge on any atom is 0.191 e. The number of aromatic nitrogens is 2. The van der Waals surface area contributed by atoms with Gasteiger partial charge in [-0.05, 0) is 25.0 Å². The van der Waals surface area contributed by atoms with E-state index in [0.29, 0.717) is 23.6 Å². The minimum atomic E-state index is 0. The lowest BCUT2D eigenvalue weighted by Gasteiger charge is -2.16. The molecule has 1 aromatic carbocycles. The molecule has 3 rings (SSSR count). The van der Waals surface area contributed by atoms with E-state index in [1.54, 1.807) is 0 Å². The maximum atomic E-state index is 6.21. The molecule has 7 heteroatoms. The summed E-state index contributed by atoms with van der Waals surface area (Å²) < 4.78 is 1.98. The Bertz CT molecular complexity index is 677. The van der Waals surface area contributed by atoms with E-state index in [1.807, 2.05) is 41.8 Å². The largest absolute Gasteiger partial charge is 0.370 e. The van der Waals surface area contributed by atoms with Crippen molar-refractivity contribution in [2.24, 2.45) is 17.8 Å². The standard InChI is InChI=1S/C14H18ClN5.HI/c1-19(9-6-7-9)14(16)17-8-12-18-11-5-3-4-10(15)13(11)20(12)2;/h3-5,9H,6-8H2,1-2H3,(H2,16,17);1H. The molecule has 1 saturated carbocycles. The van der Waals surface area contributed by atoms with Gasteiger partial charge in [0.15, 0.2) is 5.96 Å². The van der Waals surface area contributed by atoms with Crippen LogP contribution in [0.2, 0.25) is 5.02 Å². The van der Waals surface area contributed by atoms with Crippen molar-refractivity contribution in [3.8, 4) is 0 Å². The SMILES string of the molecule is CN(C(N)=NCc1nc2cccc(Cl)c2n1C)C1CC1.I. The normalized spacial score (nSPS) is 15.1. The minimum absolute atomic E-state index is 0. The number of aryl methyl sites for hydroxylation is 1. The number of rotatable bonds is 3. The number of hydrogen-bond acceptors (Lipinski definition) is 2. The lowest BCUT2D eigenvalue weighted by atomic mass is 10.3. The molecule has 0 amide bonds. The zero-order valence-corrected chi connectivity index (χ0v) is 15.2. The Morgan fingerprint density at radius 1 is 1.52 bits per heavy atom. The highest BCUT2D eigenvalue weighted by molar-refractivity contribution is 14.0. The van der Waals surface area contributed by atoms with Gasteiger partial charge in [-0.1, -0.05) is 17.7 Å². The van der Waals surface area contributed by atoms with Crippen molar-refractivity contribution in [1.82, 2.24) is 14.5 Å². The molecule has 0 spiro atoms. The zero-order chi connectivity index (χ0) is 14.3. The van der Waals surface area contributed by atoms with Crippen molar-refractivity contribution in [3.05, 3.63) is 29.0 Å². The van der Waals surface area contributed by atoms with E-state index < -0.39 is 0 Å². The van der Waals surface area contributed by atoms with Gasteiger partial charge < -0.3 is 15.2 Å². The third kappa shape index (κ3) is 3.26. The van der Waals surface area contributed by atoms with E-state index in [2.05, 4.69) is 9.98 Å². The summed E-state index contributed by atoms with van der Waals surface area (Å²) in [4.78, 5) is 11.0. The number of nitrogens with zero attached hydrogens (tertiary/aromatic N) is 4. The van der Waals surface area contributed by atoms with Crippen LogP contribution in [-0.2, 0) is 13.6 Å². The average molecular weight is 420 g/mol.